The number of hydrogen-bond acceptors (Lipinski definition) is 2. The average molecular weight is 183 g/mol. The van der Waals surface area contributed by atoms with Crippen molar-refractivity contribution >= 4 is 11.3 Å². The molecule has 1 aromatic heterocycles. The van der Waals surface area contributed by atoms with Crippen LogP contribution >= 0.6 is 11.3 Å². The van der Waals surface area contributed by atoms with Crippen LogP contribution in [0.5, 0.6) is 0 Å². The van der Waals surface area contributed by atoms with Crippen molar-refractivity contribution in [1.82, 2.24) is 4.98 Å². The number of aryl methyl sites for hydroxylation is 2. The van der Waals surface area contributed by atoms with Gasteiger partial charge in [0, 0.05) is 11.1 Å². The van der Waals surface area contributed by atoms with E-state index in [1.54, 1.807) is 0 Å². The second-order valence-electron chi connectivity index (χ2n) is 3.40. The predicted molar refractivity (Wildman–Crippen MR) is 54.6 cm³/mol. The molecule has 0 saturated heterocycles. The minimum atomic E-state index is 0.854. The summed E-state index contributed by atoms with van der Waals surface area (Å²) in [5.74, 6) is 0.854. The molecule has 0 radical (unpaired) electrons. The quantitative estimate of drug-likeness (QED) is 0.697. The van der Waals surface area contributed by atoms with Crippen LogP contribution in [0.2, 0.25) is 0 Å². The highest BCUT2D eigenvalue weighted by Gasteiger charge is 2.01. The molecule has 0 aliphatic heterocycles. The number of rotatable bonds is 4. The molecule has 2 heteroatoms. The van der Waals surface area contributed by atoms with Crippen molar-refractivity contribution in [3.05, 3.63) is 16.1 Å². The Morgan fingerprint density at radius 3 is 2.83 bits per heavy atom. The Morgan fingerprint density at radius 2 is 2.33 bits per heavy atom. The van der Waals surface area contributed by atoms with Gasteiger partial charge in [0.15, 0.2) is 0 Å². The van der Waals surface area contributed by atoms with E-state index in [0.717, 1.165) is 5.92 Å². The van der Waals surface area contributed by atoms with Gasteiger partial charge in [0.2, 0.25) is 0 Å². The van der Waals surface area contributed by atoms with Crippen molar-refractivity contribution in [2.45, 2.75) is 40.0 Å². The van der Waals surface area contributed by atoms with Crippen LogP contribution in [0, 0.1) is 12.8 Å². The molecule has 0 saturated carbocycles. The Morgan fingerprint density at radius 1 is 1.58 bits per heavy atom. The average Bonchev–Trinajstić information content (AvgIpc) is 2.47. The third-order valence-electron chi connectivity index (χ3n) is 2.25. The van der Waals surface area contributed by atoms with Crippen LogP contribution in [0.25, 0.3) is 0 Å². The van der Waals surface area contributed by atoms with Gasteiger partial charge in [-0.2, -0.15) is 0 Å². The monoisotopic (exact) mass is 183 g/mol. The zero-order chi connectivity index (χ0) is 8.97. The second-order valence-corrected chi connectivity index (χ2v) is 4.72. The number of nitrogens with zero attached hydrogens (tertiary/aromatic N) is 1. The lowest BCUT2D eigenvalue weighted by Gasteiger charge is -2.05. The lowest BCUT2D eigenvalue weighted by molar-refractivity contribution is 0.518. The van der Waals surface area contributed by atoms with Crippen LogP contribution < -0.4 is 0 Å². The summed E-state index contributed by atoms with van der Waals surface area (Å²) in [4.78, 5) is 5.68. The molecule has 0 aromatic carbocycles. The van der Waals surface area contributed by atoms with E-state index in [1.165, 1.54) is 29.1 Å². The summed E-state index contributed by atoms with van der Waals surface area (Å²) in [6.07, 6.45) is 5.82. The lowest BCUT2D eigenvalue weighted by atomic mass is 10.0. The van der Waals surface area contributed by atoms with Crippen LogP contribution in [0.1, 0.15) is 36.6 Å². The fourth-order valence-corrected chi connectivity index (χ4v) is 1.92. The normalized spacial score (nSPS) is 13.2. The summed E-state index contributed by atoms with van der Waals surface area (Å²) in [6, 6.07) is 0. The molecular weight excluding hydrogens is 166 g/mol. The molecule has 1 atom stereocenters. The van der Waals surface area contributed by atoms with Gasteiger partial charge in [-0.05, 0) is 25.7 Å². The first-order chi connectivity index (χ1) is 5.72. The summed E-state index contributed by atoms with van der Waals surface area (Å²) in [5.41, 5.74) is 0. The lowest BCUT2D eigenvalue weighted by Crippen LogP contribution is -1.93. The molecule has 1 heterocycles. The molecule has 1 aromatic rings. The molecule has 0 spiro atoms. The molecule has 12 heavy (non-hydrogen) atoms. The van der Waals surface area contributed by atoms with E-state index in [4.69, 9.17) is 0 Å². The smallest absolute Gasteiger partial charge is 0.0896 e. The summed E-state index contributed by atoms with van der Waals surface area (Å²) in [7, 11) is 0. The van der Waals surface area contributed by atoms with E-state index in [9.17, 15) is 0 Å². The minimum Gasteiger partial charge on any atom is -0.250 e. The van der Waals surface area contributed by atoms with Gasteiger partial charge in [0.05, 0.1) is 5.01 Å². The van der Waals surface area contributed by atoms with E-state index >= 15 is 0 Å². The summed E-state index contributed by atoms with van der Waals surface area (Å²) in [6.45, 7) is 6.63. The maximum Gasteiger partial charge on any atom is 0.0896 e. The van der Waals surface area contributed by atoms with Gasteiger partial charge < -0.3 is 0 Å². The van der Waals surface area contributed by atoms with Crippen molar-refractivity contribution in [2.24, 2.45) is 5.92 Å². The van der Waals surface area contributed by atoms with Crippen molar-refractivity contribution in [3.8, 4) is 0 Å². The van der Waals surface area contributed by atoms with Gasteiger partial charge in [-0.1, -0.05) is 20.3 Å². The fraction of sp³-hybridized carbons (Fsp3) is 0.700. The first kappa shape index (κ1) is 9.72. The molecule has 0 fully saturated rings. The molecule has 0 bridgehead atoms. The number of hydrogen-bond donors (Lipinski definition) is 0. The van der Waals surface area contributed by atoms with E-state index in [1.807, 2.05) is 17.5 Å². The Kier molecular flexibility index (Phi) is 3.73. The first-order valence-corrected chi connectivity index (χ1v) is 5.45. The van der Waals surface area contributed by atoms with Gasteiger partial charge >= 0.3 is 0 Å². The zero-order valence-electron chi connectivity index (χ0n) is 8.13. The molecule has 1 rings (SSSR count). The van der Waals surface area contributed by atoms with Crippen LogP contribution in [0.15, 0.2) is 6.20 Å². The van der Waals surface area contributed by atoms with Crippen molar-refractivity contribution in [3.63, 3.8) is 0 Å². The van der Waals surface area contributed by atoms with Crippen LogP contribution in [0.3, 0.4) is 0 Å². The van der Waals surface area contributed by atoms with Gasteiger partial charge in [0.1, 0.15) is 0 Å². The molecule has 0 aliphatic rings. The highest BCUT2D eigenvalue weighted by atomic mass is 32.1. The van der Waals surface area contributed by atoms with Gasteiger partial charge in [-0.3, -0.25) is 0 Å². The third-order valence-corrected chi connectivity index (χ3v) is 3.22. The Hall–Kier alpha value is -0.370. The topological polar surface area (TPSA) is 12.9 Å². The van der Waals surface area contributed by atoms with Crippen molar-refractivity contribution in [1.29, 1.82) is 0 Å². The first-order valence-electron chi connectivity index (χ1n) is 4.63. The maximum absolute atomic E-state index is 4.24. The molecule has 0 amide bonds. The molecule has 1 nitrogen and oxygen atoms in total. The summed E-state index contributed by atoms with van der Waals surface area (Å²) >= 11 is 1.83. The van der Waals surface area contributed by atoms with Gasteiger partial charge in [0.25, 0.3) is 0 Å². The maximum atomic E-state index is 4.24. The van der Waals surface area contributed by atoms with Crippen molar-refractivity contribution < 1.29 is 0 Å². The predicted octanol–water partition coefficient (Wildman–Crippen LogP) is 3.43. The van der Waals surface area contributed by atoms with Crippen molar-refractivity contribution in [2.75, 3.05) is 0 Å². The number of aromatic nitrogens is 1. The molecule has 68 valence electrons. The Labute approximate surface area is 78.8 Å². The van der Waals surface area contributed by atoms with Crippen LogP contribution in [-0.2, 0) is 6.42 Å². The Balaban J connectivity index is 2.33. The fourth-order valence-electron chi connectivity index (χ4n) is 1.11. The van der Waals surface area contributed by atoms with E-state index < -0.39 is 0 Å². The highest BCUT2D eigenvalue weighted by molar-refractivity contribution is 7.11. The van der Waals surface area contributed by atoms with Gasteiger partial charge in [-0.25, -0.2) is 4.98 Å². The highest BCUT2D eigenvalue weighted by Crippen LogP contribution is 2.17. The summed E-state index contributed by atoms with van der Waals surface area (Å²) < 4.78 is 0. The van der Waals surface area contributed by atoms with E-state index in [-0.39, 0.29) is 0 Å². The minimum absolute atomic E-state index is 0.854. The molecular formula is C10H17NS. The van der Waals surface area contributed by atoms with Crippen LogP contribution in [-0.4, -0.2) is 4.98 Å². The van der Waals surface area contributed by atoms with Gasteiger partial charge in [-0.15, -0.1) is 11.3 Å². The van der Waals surface area contributed by atoms with Crippen LogP contribution in [0.4, 0.5) is 0 Å². The third kappa shape index (κ3) is 2.94. The zero-order valence-corrected chi connectivity index (χ0v) is 8.95. The summed E-state index contributed by atoms with van der Waals surface area (Å²) in [5, 5.41) is 1.19. The molecule has 0 aliphatic carbocycles. The molecule has 0 N–H and O–H groups in total. The standard InChI is InChI=1S/C10H17NS/c1-4-8(2)5-6-10-7-11-9(3)12-10/h7-8H,4-6H2,1-3H3. The van der Waals surface area contributed by atoms with E-state index in [0.29, 0.717) is 0 Å². The molecule has 1 unspecified atom stereocenters. The largest absolute Gasteiger partial charge is 0.250 e. The van der Waals surface area contributed by atoms with E-state index in [2.05, 4.69) is 25.8 Å². The second kappa shape index (κ2) is 4.61. The Bertz CT molecular complexity index is 229. The number of thiazole rings is 1. The SMILES string of the molecule is CCC(C)CCc1cnc(C)s1.